The fourth-order valence-electron chi connectivity index (χ4n) is 3.31. The van der Waals surface area contributed by atoms with E-state index in [4.69, 9.17) is 4.74 Å². The fourth-order valence-corrected chi connectivity index (χ4v) is 3.31. The van der Waals surface area contributed by atoms with Crippen molar-refractivity contribution in [2.24, 2.45) is 0 Å². The first kappa shape index (κ1) is 18.6. The van der Waals surface area contributed by atoms with Gasteiger partial charge in [0.1, 0.15) is 0 Å². The van der Waals surface area contributed by atoms with Crippen molar-refractivity contribution in [2.75, 3.05) is 12.4 Å². The number of halogens is 1. The number of para-hydroxylation sites is 1. The summed E-state index contributed by atoms with van der Waals surface area (Å²) in [5, 5.41) is 5.70. The van der Waals surface area contributed by atoms with Crippen LogP contribution in [0.3, 0.4) is 0 Å². The largest absolute Gasteiger partial charge is 0.494 e. The lowest BCUT2D eigenvalue weighted by molar-refractivity contribution is -0.121. The smallest absolute Gasteiger partial charge is 0.247 e. The monoisotopic (exact) mass is 368 g/mol. The zero-order chi connectivity index (χ0) is 19.4. The third-order valence-electron chi connectivity index (χ3n) is 4.64. The van der Waals surface area contributed by atoms with Crippen molar-refractivity contribution in [2.45, 2.75) is 25.3 Å². The Hall–Kier alpha value is -3.15. The van der Waals surface area contributed by atoms with E-state index in [1.54, 1.807) is 24.3 Å². The quantitative estimate of drug-likeness (QED) is 0.769. The number of carbonyl (C=O) groups is 2. The van der Waals surface area contributed by atoms with Crippen molar-refractivity contribution in [1.82, 2.24) is 5.32 Å². The third kappa shape index (κ3) is 4.16. The summed E-state index contributed by atoms with van der Waals surface area (Å²) >= 11 is 0. The molecule has 2 amide bonds. The molecule has 0 aliphatic heterocycles. The Morgan fingerprint density at radius 2 is 2.11 bits per heavy atom. The molecule has 2 aromatic carbocycles. The predicted octanol–water partition coefficient (Wildman–Crippen LogP) is 3.31. The lowest BCUT2D eigenvalue weighted by Gasteiger charge is -2.16. The maximum atomic E-state index is 13.8. The van der Waals surface area contributed by atoms with E-state index in [0.29, 0.717) is 24.1 Å². The van der Waals surface area contributed by atoms with E-state index in [9.17, 15) is 14.0 Å². The molecular weight excluding hydrogens is 347 g/mol. The SMILES string of the molecule is C=CC(=O)Nc1ccccc1CC(=O)NC1CCc2cc(F)c(OC)cc21. The number of anilines is 1. The zero-order valence-electron chi connectivity index (χ0n) is 15.0. The van der Waals surface area contributed by atoms with Crippen molar-refractivity contribution in [3.05, 3.63) is 71.6 Å². The van der Waals surface area contributed by atoms with E-state index in [1.165, 1.54) is 19.3 Å². The second-order valence-electron chi connectivity index (χ2n) is 6.37. The number of nitrogens with one attached hydrogen (secondary N) is 2. The van der Waals surface area contributed by atoms with Gasteiger partial charge in [-0.15, -0.1) is 0 Å². The van der Waals surface area contributed by atoms with Crippen LogP contribution in [-0.2, 0) is 22.4 Å². The number of benzene rings is 2. The Bertz CT molecular complexity index is 895. The van der Waals surface area contributed by atoms with Crippen LogP contribution in [0.4, 0.5) is 10.1 Å². The first-order valence-corrected chi connectivity index (χ1v) is 8.68. The van der Waals surface area contributed by atoms with E-state index < -0.39 is 5.82 Å². The molecule has 0 heterocycles. The minimum Gasteiger partial charge on any atom is -0.494 e. The summed E-state index contributed by atoms with van der Waals surface area (Å²) < 4.78 is 18.9. The van der Waals surface area contributed by atoms with E-state index in [-0.39, 0.29) is 30.0 Å². The van der Waals surface area contributed by atoms with Crippen LogP contribution in [0.5, 0.6) is 5.75 Å². The number of ether oxygens (including phenoxy) is 1. The van der Waals surface area contributed by atoms with Crippen LogP contribution in [0.15, 0.2) is 49.1 Å². The van der Waals surface area contributed by atoms with Crippen LogP contribution in [-0.4, -0.2) is 18.9 Å². The van der Waals surface area contributed by atoms with Gasteiger partial charge in [0.2, 0.25) is 11.8 Å². The Morgan fingerprint density at radius 3 is 2.85 bits per heavy atom. The highest BCUT2D eigenvalue weighted by Gasteiger charge is 2.26. The third-order valence-corrected chi connectivity index (χ3v) is 4.64. The standard InChI is InChI=1S/C21H21FN2O3/c1-3-20(25)23-17-7-5-4-6-14(17)11-21(26)24-18-9-8-13-10-16(22)19(27-2)12-15(13)18/h3-7,10,12,18H,1,8-9,11H2,2H3,(H,23,25)(H,24,26). The highest BCUT2D eigenvalue weighted by Crippen LogP contribution is 2.35. The fraction of sp³-hybridized carbons (Fsp3) is 0.238. The Labute approximate surface area is 157 Å². The molecule has 0 saturated heterocycles. The summed E-state index contributed by atoms with van der Waals surface area (Å²) in [4.78, 5) is 24.1. The molecule has 0 spiro atoms. The number of methoxy groups -OCH3 is 1. The molecule has 5 nitrogen and oxygen atoms in total. The summed E-state index contributed by atoms with van der Waals surface area (Å²) in [5.74, 6) is -0.722. The van der Waals surface area contributed by atoms with Crippen molar-refractivity contribution >= 4 is 17.5 Å². The van der Waals surface area contributed by atoms with Gasteiger partial charge in [0.05, 0.1) is 19.6 Å². The predicted molar refractivity (Wildman–Crippen MR) is 101 cm³/mol. The van der Waals surface area contributed by atoms with Crippen LogP contribution in [0, 0.1) is 5.82 Å². The molecule has 6 heteroatoms. The Morgan fingerprint density at radius 1 is 1.33 bits per heavy atom. The normalized spacial score (nSPS) is 15.0. The first-order valence-electron chi connectivity index (χ1n) is 8.68. The number of rotatable bonds is 6. The summed E-state index contributed by atoms with van der Waals surface area (Å²) in [6, 6.07) is 10.1. The van der Waals surface area contributed by atoms with E-state index >= 15 is 0 Å². The topological polar surface area (TPSA) is 67.4 Å². The maximum absolute atomic E-state index is 13.8. The molecular formula is C21H21FN2O3. The summed E-state index contributed by atoms with van der Waals surface area (Å²) in [6.45, 7) is 3.43. The molecule has 2 aromatic rings. The van der Waals surface area contributed by atoms with Crippen LogP contribution < -0.4 is 15.4 Å². The lowest BCUT2D eigenvalue weighted by atomic mass is 10.1. The van der Waals surface area contributed by atoms with Crippen LogP contribution in [0.25, 0.3) is 0 Å². The van der Waals surface area contributed by atoms with Gasteiger partial charge in [-0.05, 0) is 53.8 Å². The van der Waals surface area contributed by atoms with Crippen molar-refractivity contribution < 1.29 is 18.7 Å². The highest BCUT2D eigenvalue weighted by molar-refractivity contribution is 5.99. The summed E-state index contributed by atoms with van der Waals surface area (Å²) in [6.07, 6.45) is 2.71. The van der Waals surface area contributed by atoms with Gasteiger partial charge in [0.25, 0.3) is 0 Å². The molecule has 1 atom stereocenters. The molecule has 140 valence electrons. The molecule has 0 aromatic heterocycles. The molecule has 0 bridgehead atoms. The van der Waals surface area contributed by atoms with Gasteiger partial charge >= 0.3 is 0 Å². The van der Waals surface area contributed by atoms with Gasteiger partial charge < -0.3 is 15.4 Å². The van der Waals surface area contributed by atoms with Gasteiger partial charge in [-0.3, -0.25) is 9.59 Å². The van der Waals surface area contributed by atoms with Crippen LogP contribution in [0.1, 0.15) is 29.2 Å². The molecule has 3 rings (SSSR count). The average Bonchev–Trinajstić information content (AvgIpc) is 3.03. The van der Waals surface area contributed by atoms with Crippen molar-refractivity contribution in [3.8, 4) is 5.75 Å². The number of fused-ring (bicyclic) bond motifs is 1. The highest BCUT2D eigenvalue weighted by atomic mass is 19.1. The second-order valence-corrected chi connectivity index (χ2v) is 6.37. The molecule has 1 aliphatic rings. The minimum atomic E-state index is -0.393. The van der Waals surface area contributed by atoms with Gasteiger partial charge in [-0.1, -0.05) is 24.8 Å². The average molecular weight is 368 g/mol. The number of amides is 2. The molecule has 0 fully saturated rings. The number of aryl methyl sites for hydroxylation is 1. The second kappa shape index (κ2) is 8.03. The zero-order valence-corrected chi connectivity index (χ0v) is 15.0. The Kier molecular flexibility index (Phi) is 5.54. The van der Waals surface area contributed by atoms with Crippen molar-refractivity contribution in [1.29, 1.82) is 0 Å². The number of carbonyl (C=O) groups excluding carboxylic acids is 2. The van der Waals surface area contributed by atoms with Crippen LogP contribution >= 0.6 is 0 Å². The number of hydrogen-bond donors (Lipinski definition) is 2. The van der Waals surface area contributed by atoms with E-state index in [2.05, 4.69) is 17.2 Å². The molecule has 0 saturated carbocycles. The lowest BCUT2D eigenvalue weighted by Crippen LogP contribution is -2.29. The molecule has 2 N–H and O–H groups in total. The van der Waals surface area contributed by atoms with Crippen LogP contribution in [0.2, 0.25) is 0 Å². The molecule has 27 heavy (non-hydrogen) atoms. The van der Waals surface area contributed by atoms with Gasteiger partial charge in [-0.25, -0.2) is 4.39 Å². The van der Waals surface area contributed by atoms with Gasteiger partial charge in [0, 0.05) is 5.69 Å². The van der Waals surface area contributed by atoms with E-state index in [0.717, 1.165) is 11.1 Å². The molecule has 1 unspecified atom stereocenters. The van der Waals surface area contributed by atoms with Gasteiger partial charge in [0.15, 0.2) is 11.6 Å². The molecule has 1 aliphatic carbocycles. The van der Waals surface area contributed by atoms with E-state index in [1.807, 2.05) is 6.07 Å². The summed E-state index contributed by atoms with van der Waals surface area (Å²) in [7, 11) is 1.42. The Balaban J connectivity index is 1.72. The minimum absolute atomic E-state index is 0.123. The number of hydrogen-bond acceptors (Lipinski definition) is 3. The maximum Gasteiger partial charge on any atom is 0.247 e. The van der Waals surface area contributed by atoms with Gasteiger partial charge in [-0.2, -0.15) is 0 Å². The first-order chi connectivity index (χ1) is 13.0. The molecule has 0 radical (unpaired) electrons. The summed E-state index contributed by atoms with van der Waals surface area (Å²) in [5.41, 5.74) is 3.06. The van der Waals surface area contributed by atoms with Crippen molar-refractivity contribution in [3.63, 3.8) is 0 Å².